The third kappa shape index (κ3) is 4.34. The largest absolute Gasteiger partial charge is 0.326 e. The highest BCUT2D eigenvalue weighted by Gasteiger charge is 2.28. The Kier molecular flexibility index (Phi) is 5.43. The second-order valence-electron chi connectivity index (χ2n) is 5.75. The highest BCUT2D eigenvalue weighted by molar-refractivity contribution is 7.12. The van der Waals surface area contributed by atoms with Crippen molar-refractivity contribution in [3.05, 3.63) is 46.7 Å². The number of benzene rings is 1. The Bertz CT molecular complexity index is 815. The van der Waals surface area contributed by atoms with Gasteiger partial charge in [0.15, 0.2) is 0 Å². The third-order valence-electron chi connectivity index (χ3n) is 3.89. The van der Waals surface area contributed by atoms with Crippen molar-refractivity contribution >= 4 is 46.3 Å². The lowest BCUT2D eigenvalue weighted by Gasteiger charge is -2.13. The first-order chi connectivity index (χ1) is 12.5. The Labute approximate surface area is 154 Å². The molecular weight excluding hydrogens is 354 g/mol. The number of imide groups is 1. The molecule has 0 aliphatic carbocycles. The minimum atomic E-state index is -0.284. The van der Waals surface area contributed by atoms with Crippen LogP contribution in [0.4, 0.5) is 11.4 Å². The van der Waals surface area contributed by atoms with Gasteiger partial charge in [-0.3, -0.25) is 24.1 Å². The molecule has 3 rings (SSSR count). The summed E-state index contributed by atoms with van der Waals surface area (Å²) in [5.41, 5.74) is 1.19. The van der Waals surface area contributed by atoms with E-state index in [1.165, 1.54) is 11.3 Å². The molecule has 134 valence electrons. The molecule has 0 saturated carbocycles. The average molecular weight is 371 g/mol. The van der Waals surface area contributed by atoms with Gasteiger partial charge < -0.3 is 10.6 Å². The summed E-state index contributed by atoms with van der Waals surface area (Å²) in [7, 11) is 0. The molecule has 1 saturated heterocycles. The molecule has 0 spiro atoms. The van der Waals surface area contributed by atoms with Gasteiger partial charge in [-0.1, -0.05) is 6.07 Å². The van der Waals surface area contributed by atoms with E-state index in [-0.39, 0.29) is 49.4 Å². The van der Waals surface area contributed by atoms with Crippen LogP contribution in [0.2, 0.25) is 0 Å². The van der Waals surface area contributed by atoms with Crippen molar-refractivity contribution < 1.29 is 19.2 Å². The van der Waals surface area contributed by atoms with E-state index >= 15 is 0 Å². The van der Waals surface area contributed by atoms with Crippen molar-refractivity contribution in [3.63, 3.8) is 0 Å². The van der Waals surface area contributed by atoms with E-state index < -0.39 is 0 Å². The second kappa shape index (κ2) is 7.92. The summed E-state index contributed by atoms with van der Waals surface area (Å²) < 4.78 is 0. The smallest absolute Gasteiger partial charge is 0.265 e. The van der Waals surface area contributed by atoms with Gasteiger partial charge in [-0.05, 0) is 35.7 Å². The van der Waals surface area contributed by atoms with Gasteiger partial charge in [-0.2, -0.15) is 0 Å². The van der Waals surface area contributed by atoms with Crippen LogP contribution in [-0.4, -0.2) is 35.1 Å². The Morgan fingerprint density at radius 1 is 0.962 bits per heavy atom. The second-order valence-corrected chi connectivity index (χ2v) is 6.69. The maximum Gasteiger partial charge on any atom is 0.265 e. The predicted octanol–water partition coefficient (Wildman–Crippen LogP) is 2.48. The zero-order valence-electron chi connectivity index (χ0n) is 13.9. The molecule has 1 aromatic heterocycles. The molecule has 4 amide bonds. The predicted molar refractivity (Wildman–Crippen MR) is 97.9 cm³/mol. The summed E-state index contributed by atoms with van der Waals surface area (Å²) in [4.78, 5) is 48.7. The standard InChI is InChI=1S/C18H17N3O4S/c22-15(9-10-21-16(23)7-8-17(21)24)19-12-3-5-13(6-4-12)20-18(25)14-2-1-11-26-14/h1-6,11H,7-10H2,(H,19,22)(H,20,25). The van der Waals surface area contributed by atoms with Crippen LogP contribution in [0.15, 0.2) is 41.8 Å². The van der Waals surface area contributed by atoms with Gasteiger partial charge in [0, 0.05) is 37.2 Å². The highest BCUT2D eigenvalue weighted by Crippen LogP contribution is 2.17. The fourth-order valence-corrected chi connectivity index (χ4v) is 3.17. The average Bonchev–Trinajstić information content (AvgIpc) is 3.26. The first-order valence-electron chi connectivity index (χ1n) is 8.11. The number of carbonyl (C=O) groups is 4. The van der Waals surface area contributed by atoms with Gasteiger partial charge in [-0.15, -0.1) is 11.3 Å². The van der Waals surface area contributed by atoms with Crippen molar-refractivity contribution in [2.24, 2.45) is 0 Å². The Morgan fingerprint density at radius 2 is 1.58 bits per heavy atom. The van der Waals surface area contributed by atoms with Crippen LogP contribution in [0.3, 0.4) is 0 Å². The zero-order chi connectivity index (χ0) is 18.5. The molecule has 1 fully saturated rings. The number of hydrogen-bond donors (Lipinski definition) is 2. The number of amides is 4. The first-order valence-corrected chi connectivity index (χ1v) is 8.99. The summed E-state index contributed by atoms with van der Waals surface area (Å²) in [6.07, 6.45) is 0.493. The van der Waals surface area contributed by atoms with E-state index in [0.717, 1.165) is 4.90 Å². The summed E-state index contributed by atoms with van der Waals surface area (Å²) in [5.74, 6) is -0.924. The normalized spacial score (nSPS) is 13.8. The first kappa shape index (κ1) is 17.8. The third-order valence-corrected chi connectivity index (χ3v) is 4.76. The monoisotopic (exact) mass is 371 g/mol. The Balaban J connectivity index is 1.49. The Hall–Kier alpha value is -3.00. The molecule has 2 heterocycles. The molecule has 0 bridgehead atoms. The molecule has 7 nitrogen and oxygen atoms in total. The number of nitrogens with one attached hydrogen (secondary N) is 2. The van der Waals surface area contributed by atoms with Crippen molar-refractivity contribution in [1.82, 2.24) is 4.90 Å². The number of hydrogen-bond acceptors (Lipinski definition) is 5. The van der Waals surface area contributed by atoms with Crippen LogP contribution in [0.25, 0.3) is 0 Å². The van der Waals surface area contributed by atoms with Gasteiger partial charge in [0.25, 0.3) is 5.91 Å². The topological polar surface area (TPSA) is 95.6 Å². The number of carbonyl (C=O) groups excluding carboxylic acids is 4. The number of rotatable bonds is 6. The lowest BCUT2D eigenvalue weighted by molar-refractivity contribution is -0.138. The number of likely N-dealkylation sites (tertiary alicyclic amines) is 1. The maximum atomic E-state index is 12.0. The van der Waals surface area contributed by atoms with E-state index in [1.54, 1.807) is 30.3 Å². The van der Waals surface area contributed by atoms with Crippen LogP contribution < -0.4 is 10.6 Å². The van der Waals surface area contributed by atoms with E-state index in [1.807, 2.05) is 11.4 Å². The van der Waals surface area contributed by atoms with Crippen LogP contribution in [0.5, 0.6) is 0 Å². The maximum absolute atomic E-state index is 12.0. The van der Waals surface area contributed by atoms with Gasteiger partial charge in [0.2, 0.25) is 17.7 Å². The molecule has 2 N–H and O–H groups in total. The van der Waals surface area contributed by atoms with Crippen molar-refractivity contribution in [2.45, 2.75) is 19.3 Å². The van der Waals surface area contributed by atoms with E-state index in [4.69, 9.17) is 0 Å². The lowest BCUT2D eigenvalue weighted by Crippen LogP contribution is -2.32. The molecule has 26 heavy (non-hydrogen) atoms. The van der Waals surface area contributed by atoms with Crippen LogP contribution in [-0.2, 0) is 14.4 Å². The minimum Gasteiger partial charge on any atom is -0.326 e. The summed E-state index contributed by atoms with van der Waals surface area (Å²) in [5, 5.41) is 7.31. The van der Waals surface area contributed by atoms with Crippen LogP contribution in [0, 0.1) is 0 Å². The molecule has 1 aromatic carbocycles. The van der Waals surface area contributed by atoms with Crippen molar-refractivity contribution in [2.75, 3.05) is 17.2 Å². The van der Waals surface area contributed by atoms with Crippen molar-refractivity contribution in [3.8, 4) is 0 Å². The lowest BCUT2D eigenvalue weighted by atomic mass is 10.2. The molecular formula is C18H17N3O4S. The minimum absolute atomic E-state index is 0.0499. The van der Waals surface area contributed by atoms with E-state index in [0.29, 0.717) is 16.3 Å². The molecule has 1 aliphatic rings. The fraction of sp³-hybridized carbons (Fsp3) is 0.222. The number of nitrogens with zero attached hydrogens (tertiary/aromatic N) is 1. The van der Waals surface area contributed by atoms with Gasteiger partial charge in [0.05, 0.1) is 4.88 Å². The van der Waals surface area contributed by atoms with Crippen molar-refractivity contribution in [1.29, 1.82) is 0 Å². The molecule has 0 unspecified atom stereocenters. The van der Waals surface area contributed by atoms with Gasteiger partial charge >= 0.3 is 0 Å². The SMILES string of the molecule is O=C(CCN1C(=O)CCC1=O)Nc1ccc(NC(=O)c2cccs2)cc1. The molecule has 8 heteroatoms. The quantitative estimate of drug-likeness (QED) is 0.763. The van der Waals surface area contributed by atoms with Gasteiger partial charge in [-0.25, -0.2) is 0 Å². The fourth-order valence-electron chi connectivity index (χ4n) is 2.55. The molecule has 1 aliphatic heterocycles. The summed E-state index contributed by atoms with van der Waals surface area (Å²) in [6.45, 7) is 0.0957. The molecule has 0 atom stereocenters. The zero-order valence-corrected chi connectivity index (χ0v) is 14.7. The molecule has 2 aromatic rings. The van der Waals surface area contributed by atoms with E-state index in [9.17, 15) is 19.2 Å². The van der Waals surface area contributed by atoms with Crippen LogP contribution >= 0.6 is 11.3 Å². The number of anilines is 2. The summed E-state index contributed by atoms with van der Waals surface area (Å²) in [6, 6.07) is 10.3. The van der Waals surface area contributed by atoms with E-state index in [2.05, 4.69) is 10.6 Å². The highest BCUT2D eigenvalue weighted by atomic mass is 32.1. The Morgan fingerprint density at radius 3 is 2.15 bits per heavy atom. The molecule has 0 radical (unpaired) electrons. The van der Waals surface area contributed by atoms with Crippen LogP contribution in [0.1, 0.15) is 28.9 Å². The summed E-state index contributed by atoms with van der Waals surface area (Å²) >= 11 is 1.36. The number of thiophene rings is 1. The van der Waals surface area contributed by atoms with Gasteiger partial charge in [0.1, 0.15) is 0 Å².